The number of aromatic hydroxyl groups is 1. The van der Waals surface area contributed by atoms with E-state index in [1.165, 1.54) is 12.1 Å². The van der Waals surface area contributed by atoms with E-state index in [-0.39, 0.29) is 30.2 Å². The van der Waals surface area contributed by atoms with E-state index in [0.717, 1.165) is 7.11 Å². The van der Waals surface area contributed by atoms with E-state index in [2.05, 4.69) is 4.74 Å². The average molecular weight is 502 g/mol. The number of methoxy groups -OCH3 is 1. The van der Waals surface area contributed by atoms with Crippen LogP contribution in [0.3, 0.4) is 0 Å². The summed E-state index contributed by atoms with van der Waals surface area (Å²) in [4.78, 5) is 39.1. The van der Waals surface area contributed by atoms with Gasteiger partial charge in [0.1, 0.15) is 11.5 Å². The number of amides is 3. The van der Waals surface area contributed by atoms with Crippen molar-refractivity contribution in [2.24, 2.45) is 23.7 Å². The number of hydrogen-bond acceptors (Lipinski definition) is 8. The summed E-state index contributed by atoms with van der Waals surface area (Å²) >= 11 is 6.34. The lowest BCUT2D eigenvalue weighted by molar-refractivity contribution is -0.272. The second-order valence-electron chi connectivity index (χ2n) is 9.08. The third-order valence-corrected chi connectivity index (χ3v) is 7.57. The molecule has 0 aromatic heterocycles. The highest BCUT2D eigenvalue weighted by atomic mass is 35.5. The average Bonchev–Trinajstić information content (AvgIpc) is 3.31. The third kappa shape index (κ3) is 3.84. The number of benzene rings is 2. The number of nitrogens with zero attached hydrogens (tertiary/aromatic N) is 1. The summed E-state index contributed by atoms with van der Waals surface area (Å²) in [7, 11) is 1.10. The zero-order valence-corrected chi connectivity index (χ0v) is 19.6. The lowest BCUT2D eigenvalue weighted by atomic mass is 9.64. The molecule has 5 rings (SSSR count). The minimum atomic E-state index is -1.82. The molecule has 2 aromatic carbocycles. The van der Waals surface area contributed by atoms with Gasteiger partial charge in [-0.1, -0.05) is 35.9 Å². The fourth-order valence-corrected chi connectivity index (χ4v) is 5.93. The van der Waals surface area contributed by atoms with Crippen LogP contribution in [0.25, 0.3) is 0 Å². The van der Waals surface area contributed by atoms with Crippen LogP contribution in [-0.4, -0.2) is 52.5 Å². The maximum atomic E-state index is 13.2. The van der Waals surface area contributed by atoms with Gasteiger partial charge in [0.2, 0.25) is 11.8 Å². The highest BCUT2D eigenvalue weighted by Crippen LogP contribution is 2.58. The maximum absolute atomic E-state index is 13.2. The van der Waals surface area contributed by atoms with Crippen molar-refractivity contribution in [3.63, 3.8) is 0 Å². The van der Waals surface area contributed by atoms with Crippen LogP contribution in [0.5, 0.6) is 11.5 Å². The van der Waals surface area contributed by atoms with Crippen LogP contribution in [-0.2, 0) is 19.1 Å². The number of aliphatic hydroxyl groups is 1. The SMILES string of the molecule is COC(=O)N1C(=O)[C@H]2[C@H](C[C@H](COc3ccccc3)[C@@]3(O)O[C@H](c4ccc(O)cc4Cl)C[C@@H]23)C1=O. The molecular weight excluding hydrogens is 478 g/mol. The van der Waals surface area contributed by atoms with Crippen molar-refractivity contribution in [1.82, 2.24) is 4.90 Å². The molecule has 0 spiro atoms. The summed E-state index contributed by atoms with van der Waals surface area (Å²) in [5.41, 5.74) is 0.535. The molecule has 2 aromatic rings. The molecule has 3 aliphatic rings. The van der Waals surface area contributed by atoms with Crippen LogP contribution < -0.4 is 4.74 Å². The van der Waals surface area contributed by atoms with E-state index in [0.29, 0.717) is 16.2 Å². The van der Waals surface area contributed by atoms with Crippen molar-refractivity contribution >= 4 is 29.5 Å². The van der Waals surface area contributed by atoms with Crippen LogP contribution in [0, 0.1) is 23.7 Å². The molecule has 35 heavy (non-hydrogen) atoms. The van der Waals surface area contributed by atoms with Crippen LogP contribution >= 0.6 is 11.6 Å². The standard InChI is InChI=1S/C25H24ClNO8/c1-33-24(31)27-22(29)17-9-13(12-34-15-5-3-2-4-6-15)25(32)18(21(17)23(27)30)11-20(35-25)16-8-7-14(28)10-19(16)26/h2-8,10,13,17-18,20-21,28,32H,9,11-12H2,1H3/t13-,17+,18+,20+,21+,25-/m1/s1. The molecule has 3 amide bonds. The van der Waals surface area contributed by atoms with Gasteiger partial charge in [-0.15, -0.1) is 0 Å². The van der Waals surface area contributed by atoms with Crippen LogP contribution in [0.4, 0.5) is 4.79 Å². The minimum Gasteiger partial charge on any atom is -0.508 e. The first kappa shape index (κ1) is 23.6. The fraction of sp³-hybridized carbons (Fsp3) is 0.400. The first-order chi connectivity index (χ1) is 16.7. The monoisotopic (exact) mass is 501 g/mol. The Morgan fingerprint density at radius 2 is 1.91 bits per heavy atom. The summed E-state index contributed by atoms with van der Waals surface area (Å²) in [6.07, 6.45) is -1.49. The predicted octanol–water partition coefficient (Wildman–Crippen LogP) is 3.28. The largest absolute Gasteiger partial charge is 0.508 e. The normalized spacial score (nSPS) is 31.7. The van der Waals surface area contributed by atoms with E-state index >= 15 is 0 Å². The summed E-state index contributed by atoms with van der Waals surface area (Å²) in [6, 6.07) is 13.4. The van der Waals surface area contributed by atoms with Crippen molar-refractivity contribution < 1.29 is 38.8 Å². The molecule has 2 N–H and O–H groups in total. The first-order valence-electron chi connectivity index (χ1n) is 11.3. The number of phenols is 1. The van der Waals surface area contributed by atoms with E-state index in [1.807, 2.05) is 18.2 Å². The zero-order chi connectivity index (χ0) is 24.9. The minimum absolute atomic E-state index is 0.0210. The van der Waals surface area contributed by atoms with Crippen LogP contribution in [0.15, 0.2) is 48.5 Å². The molecule has 2 saturated heterocycles. The quantitative estimate of drug-likeness (QED) is 0.612. The van der Waals surface area contributed by atoms with Crippen molar-refractivity contribution in [2.75, 3.05) is 13.7 Å². The molecule has 3 fully saturated rings. The van der Waals surface area contributed by atoms with Gasteiger partial charge in [-0.3, -0.25) is 9.59 Å². The Bertz CT molecular complexity index is 1170. The molecule has 1 saturated carbocycles. The maximum Gasteiger partial charge on any atom is 0.423 e. The van der Waals surface area contributed by atoms with Gasteiger partial charge in [-0.05, 0) is 42.7 Å². The van der Waals surface area contributed by atoms with Gasteiger partial charge >= 0.3 is 6.09 Å². The molecule has 10 heteroatoms. The summed E-state index contributed by atoms with van der Waals surface area (Å²) in [5.74, 6) is -5.87. The summed E-state index contributed by atoms with van der Waals surface area (Å²) < 4.78 is 16.7. The van der Waals surface area contributed by atoms with E-state index < -0.39 is 53.5 Å². The van der Waals surface area contributed by atoms with Gasteiger partial charge in [0, 0.05) is 11.8 Å². The number of phenolic OH excluding ortho intramolecular Hbond substituents is 1. The smallest absolute Gasteiger partial charge is 0.423 e. The number of imide groups is 3. The van der Waals surface area contributed by atoms with Crippen molar-refractivity contribution in [3.05, 3.63) is 59.1 Å². The summed E-state index contributed by atoms with van der Waals surface area (Å²) in [5, 5.41) is 21.8. The zero-order valence-electron chi connectivity index (χ0n) is 18.8. The molecule has 184 valence electrons. The molecule has 1 aliphatic carbocycles. The molecule has 9 nitrogen and oxygen atoms in total. The lowest BCUT2D eigenvalue weighted by Crippen LogP contribution is -2.55. The van der Waals surface area contributed by atoms with Gasteiger partial charge < -0.3 is 24.4 Å². The number of fused-ring (bicyclic) bond motifs is 3. The van der Waals surface area contributed by atoms with E-state index in [4.69, 9.17) is 21.1 Å². The Labute approximate surface area is 206 Å². The number of hydrogen-bond donors (Lipinski definition) is 2. The van der Waals surface area contributed by atoms with Gasteiger partial charge in [0.15, 0.2) is 5.79 Å². The van der Waals surface area contributed by atoms with Gasteiger partial charge in [0.05, 0.1) is 36.7 Å². The van der Waals surface area contributed by atoms with Crippen LogP contribution in [0.2, 0.25) is 5.02 Å². The topological polar surface area (TPSA) is 123 Å². The number of ether oxygens (including phenoxy) is 3. The molecule has 0 bridgehead atoms. The second kappa shape index (κ2) is 8.82. The first-order valence-corrected chi connectivity index (χ1v) is 11.6. The van der Waals surface area contributed by atoms with Gasteiger partial charge in [-0.2, -0.15) is 4.90 Å². The predicted molar refractivity (Wildman–Crippen MR) is 121 cm³/mol. The van der Waals surface area contributed by atoms with Crippen molar-refractivity contribution in [1.29, 1.82) is 0 Å². The number of para-hydroxylation sites is 1. The highest BCUT2D eigenvalue weighted by Gasteiger charge is 2.68. The number of carbonyl (C=O) groups excluding carboxylic acids is 3. The van der Waals surface area contributed by atoms with Gasteiger partial charge in [0.25, 0.3) is 0 Å². The molecule has 2 aliphatic heterocycles. The second-order valence-corrected chi connectivity index (χ2v) is 9.48. The van der Waals surface area contributed by atoms with E-state index in [9.17, 15) is 24.6 Å². The Balaban J connectivity index is 1.50. The molecule has 0 radical (unpaired) electrons. The Kier molecular flexibility index (Phi) is 5.94. The number of likely N-dealkylation sites (tertiary alicyclic amines) is 1. The van der Waals surface area contributed by atoms with Crippen molar-refractivity contribution in [2.45, 2.75) is 24.7 Å². The number of rotatable bonds is 4. The van der Waals surface area contributed by atoms with Crippen LogP contribution in [0.1, 0.15) is 24.5 Å². The molecule has 2 heterocycles. The fourth-order valence-electron chi connectivity index (χ4n) is 5.63. The molecule has 0 unspecified atom stereocenters. The molecule has 6 atom stereocenters. The highest BCUT2D eigenvalue weighted by molar-refractivity contribution is 6.31. The Morgan fingerprint density at radius 1 is 1.17 bits per heavy atom. The van der Waals surface area contributed by atoms with Crippen molar-refractivity contribution in [3.8, 4) is 11.5 Å². The summed E-state index contributed by atoms with van der Waals surface area (Å²) in [6.45, 7) is 0.0238. The number of halogens is 1. The Morgan fingerprint density at radius 3 is 2.60 bits per heavy atom. The third-order valence-electron chi connectivity index (χ3n) is 7.25. The number of carbonyl (C=O) groups is 3. The Hall–Kier alpha value is -3.14. The lowest BCUT2D eigenvalue weighted by Gasteiger charge is -2.44. The van der Waals surface area contributed by atoms with Gasteiger partial charge in [-0.25, -0.2) is 4.79 Å². The van der Waals surface area contributed by atoms with E-state index in [1.54, 1.807) is 18.2 Å². The molecular formula is C25H24ClNO8.